The number of hydrogen-bond donors (Lipinski definition) is 0. The quantitative estimate of drug-likeness (QED) is 0.0425. The topological polar surface area (TPSA) is 0 Å². The molecule has 0 bridgehead atoms. The van der Waals surface area contributed by atoms with Gasteiger partial charge in [0.25, 0.3) is 0 Å². The van der Waals surface area contributed by atoms with Crippen molar-refractivity contribution in [2.24, 2.45) is 0 Å². The summed E-state index contributed by atoms with van der Waals surface area (Å²) in [5.41, 5.74) is 0. The van der Waals surface area contributed by atoms with Crippen molar-refractivity contribution in [2.45, 2.75) is 285 Å². The zero-order valence-corrected chi connectivity index (χ0v) is 39.1. The van der Waals surface area contributed by atoms with Gasteiger partial charge in [-0.1, -0.05) is 233 Å². The largest absolute Gasteiger partial charge is 1.00 e. The highest BCUT2D eigenvalue weighted by atomic mass is 35.5. The molecule has 0 radical (unpaired) electrons. The fourth-order valence-electron chi connectivity index (χ4n) is 8.41. The highest BCUT2D eigenvalue weighted by Gasteiger charge is 2.25. The first-order chi connectivity index (χ1) is 24.2. The van der Waals surface area contributed by atoms with Gasteiger partial charge in [0.2, 0.25) is 0 Å². The normalized spacial score (nSPS) is 11.3. The maximum Gasteiger partial charge on any atom is 0.0786 e. The molecular formula is C48H102Cl3N. The molecule has 0 unspecified atom stereocenters. The van der Waals surface area contributed by atoms with Crippen LogP contribution in [0.4, 0.5) is 0 Å². The Kier molecular flexibility index (Phi) is 59.3. The van der Waals surface area contributed by atoms with Crippen molar-refractivity contribution in [3.8, 4) is 0 Å². The summed E-state index contributed by atoms with van der Waals surface area (Å²) in [6.07, 6.45) is 58.7. The molecule has 0 aliphatic heterocycles. The van der Waals surface area contributed by atoms with E-state index in [2.05, 4.69) is 27.7 Å². The molecule has 0 saturated heterocycles. The number of rotatable bonds is 44. The summed E-state index contributed by atoms with van der Waals surface area (Å²) in [6.45, 7) is 15.3. The molecule has 0 rings (SSSR count). The highest BCUT2D eigenvalue weighted by molar-refractivity contribution is 5.85. The van der Waals surface area contributed by atoms with E-state index in [1.807, 2.05) is 0 Å². The number of halogens is 3. The molecule has 0 amide bonds. The van der Waals surface area contributed by atoms with Crippen LogP contribution in [0.2, 0.25) is 0 Å². The van der Waals surface area contributed by atoms with Gasteiger partial charge in [0.05, 0.1) is 26.2 Å². The van der Waals surface area contributed by atoms with Gasteiger partial charge in [-0.3, -0.25) is 0 Å². The van der Waals surface area contributed by atoms with E-state index in [1.165, 1.54) is 287 Å². The summed E-state index contributed by atoms with van der Waals surface area (Å²) in [7, 11) is 0. The Morgan fingerprint density at radius 1 is 0.192 bits per heavy atom. The van der Waals surface area contributed by atoms with Crippen LogP contribution in [0.25, 0.3) is 0 Å². The monoisotopic (exact) mass is 798 g/mol. The van der Waals surface area contributed by atoms with Crippen molar-refractivity contribution in [1.82, 2.24) is 0 Å². The molecule has 0 aliphatic rings. The summed E-state index contributed by atoms with van der Waals surface area (Å²) in [6, 6.07) is 0. The first-order valence-electron chi connectivity index (χ1n) is 24.1. The Balaban J connectivity index is -0.00000384. The number of quaternary nitrogens is 1. The van der Waals surface area contributed by atoms with Crippen LogP contribution in [-0.4, -0.2) is 30.7 Å². The van der Waals surface area contributed by atoms with Crippen molar-refractivity contribution in [3.05, 3.63) is 0 Å². The van der Waals surface area contributed by atoms with Gasteiger partial charge >= 0.3 is 0 Å². The lowest BCUT2D eigenvalue weighted by Gasteiger charge is -2.40. The van der Waals surface area contributed by atoms with Crippen molar-refractivity contribution < 1.29 is 16.9 Å². The molecule has 0 heterocycles. The smallest absolute Gasteiger partial charge is 0.0786 e. The van der Waals surface area contributed by atoms with Crippen LogP contribution < -0.4 is 12.4 Å². The molecular weight excluding hydrogens is 697 g/mol. The van der Waals surface area contributed by atoms with Gasteiger partial charge in [0.1, 0.15) is 0 Å². The van der Waals surface area contributed by atoms with E-state index < -0.39 is 0 Å². The van der Waals surface area contributed by atoms with Crippen molar-refractivity contribution in [1.29, 1.82) is 0 Å². The number of hydrogen-bond acceptors (Lipinski definition) is 0. The Hall–Kier alpha value is 0.830. The Labute approximate surface area is 350 Å². The summed E-state index contributed by atoms with van der Waals surface area (Å²) in [5, 5.41) is 0. The van der Waals surface area contributed by atoms with Crippen LogP contribution in [-0.2, 0) is 0 Å². The van der Waals surface area contributed by atoms with E-state index in [9.17, 15) is 0 Å². The summed E-state index contributed by atoms with van der Waals surface area (Å²) < 4.78 is 1.49. The second-order valence-electron chi connectivity index (χ2n) is 17.0. The van der Waals surface area contributed by atoms with Crippen LogP contribution in [0.5, 0.6) is 0 Å². The first kappa shape index (κ1) is 59.5. The number of nitrogens with zero attached hydrogens (tertiary/aromatic N) is 1. The minimum absolute atomic E-state index is 0. The van der Waals surface area contributed by atoms with E-state index in [4.69, 9.17) is 0 Å². The molecule has 52 heavy (non-hydrogen) atoms. The maximum absolute atomic E-state index is 2.34. The Morgan fingerprint density at radius 2 is 0.308 bits per heavy atom. The third-order valence-corrected chi connectivity index (χ3v) is 11.9. The molecule has 0 saturated carbocycles. The van der Waals surface area contributed by atoms with Gasteiger partial charge in [-0.15, -0.1) is 24.8 Å². The van der Waals surface area contributed by atoms with Crippen LogP contribution in [0.3, 0.4) is 0 Å². The lowest BCUT2D eigenvalue weighted by molar-refractivity contribution is -0.929. The highest BCUT2D eigenvalue weighted by Crippen LogP contribution is 2.22. The Morgan fingerprint density at radius 3 is 0.442 bits per heavy atom. The van der Waals surface area contributed by atoms with Crippen LogP contribution >= 0.6 is 24.8 Å². The summed E-state index contributed by atoms with van der Waals surface area (Å²) in [5.74, 6) is 0. The van der Waals surface area contributed by atoms with Gasteiger partial charge in [0.15, 0.2) is 0 Å². The van der Waals surface area contributed by atoms with Gasteiger partial charge in [0, 0.05) is 0 Å². The van der Waals surface area contributed by atoms with E-state index in [1.54, 1.807) is 0 Å². The first-order valence-corrected chi connectivity index (χ1v) is 24.1. The third kappa shape index (κ3) is 45.2. The molecule has 1 nitrogen and oxygen atoms in total. The minimum Gasteiger partial charge on any atom is -1.00 e. The number of unbranched alkanes of at least 4 members (excludes halogenated alkanes) is 36. The average Bonchev–Trinajstić information content (AvgIpc) is 3.11. The van der Waals surface area contributed by atoms with Gasteiger partial charge in [-0.05, 0) is 51.4 Å². The van der Waals surface area contributed by atoms with Gasteiger partial charge in [-0.2, -0.15) is 0 Å². The molecule has 4 heteroatoms. The standard InChI is InChI=1S/C48H100N.3ClH/c1-5-9-13-17-21-25-29-33-37-41-45-49(46-42-38-34-30-26-22-18-14-10-6-2,47-43-39-35-31-27-23-19-15-11-7-3)48-44-40-36-32-28-24-20-16-12-8-4;;;/h5-48H2,1-4H3;3*1H/q+1;;;/p-1. The second-order valence-corrected chi connectivity index (χ2v) is 17.0. The molecule has 0 N–H and O–H groups in total. The Bertz CT molecular complexity index is 484. The average molecular weight is 800 g/mol. The lowest BCUT2D eigenvalue weighted by atomic mass is 10.0. The SMILES string of the molecule is CCCCCCCCCCCC[N+](CCCCCCCCCCCC)(CCCCCCCCCCCC)CCCCCCCCCCCC.Cl.Cl.[Cl-]. The van der Waals surface area contributed by atoms with Crippen molar-refractivity contribution in [2.75, 3.05) is 26.2 Å². The predicted octanol–water partition coefficient (Wildman–Crippen LogP) is 15.3. The zero-order valence-electron chi connectivity index (χ0n) is 36.8. The predicted molar refractivity (Wildman–Crippen MR) is 242 cm³/mol. The van der Waals surface area contributed by atoms with E-state index in [0.29, 0.717) is 0 Å². The molecule has 0 aromatic carbocycles. The third-order valence-electron chi connectivity index (χ3n) is 11.9. The van der Waals surface area contributed by atoms with Crippen molar-refractivity contribution in [3.63, 3.8) is 0 Å². The van der Waals surface area contributed by atoms with Gasteiger partial charge < -0.3 is 16.9 Å². The van der Waals surface area contributed by atoms with Crippen LogP contribution in [0.15, 0.2) is 0 Å². The van der Waals surface area contributed by atoms with E-state index in [0.717, 1.165) is 0 Å². The van der Waals surface area contributed by atoms with Crippen LogP contribution in [0.1, 0.15) is 285 Å². The minimum atomic E-state index is 0. The fourth-order valence-corrected chi connectivity index (χ4v) is 8.41. The molecule has 0 aliphatic carbocycles. The molecule has 0 fully saturated rings. The second kappa shape index (κ2) is 51.8. The molecule has 0 atom stereocenters. The maximum atomic E-state index is 2.34. The molecule has 0 aromatic rings. The van der Waals surface area contributed by atoms with Gasteiger partial charge in [-0.25, -0.2) is 0 Å². The van der Waals surface area contributed by atoms with Crippen molar-refractivity contribution >= 4 is 24.8 Å². The van der Waals surface area contributed by atoms with E-state index >= 15 is 0 Å². The van der Waals surface area contributed by atoms with E-state index in [-0.39, 0.29) is 37.2 Å². The summed E-state index contributed by atoms with van der Waals surface area (Å²) >= 11 is 0. The lowest BCUT2D eigenvalue weighted by Crippen LogP contribution is -3.00. The van der Waals surface area contributed by atoms with Crippen LogP contribution in [0, 0.1) is 0 Å². The molecule has 0 spiro atoms. The zero-order chi connectivity index (χ0) is 35.6. The summed E-state index contributed by atoms with van der Waals surface area (Å²) in [4.78, 5) is 0. The molecule has 0 aromatic heterocycles. The molecule has 320 valence electrons. The fraction of sp³-hybridized carbons (Fsp3) is 1.00.